The maximum absolute atomic E-state index is 3.60. The third-order valence-electron chi connectivity index (χ3n) is 1.09. The fourth-order valence-corrected chi connectivity index (χ4v) is 0.486. The van der Waals surface area contributed by atoms with Gasteiger partial charge in [-0.25, -0.2) is 0 Å². The summed E-state index contributed by atoms with van der Waals surface area (Å²) in [6.45, 7) is 8.55. The largest absolute Gasteiger partial charge is 3.00 e. The molecular formula is C12H25N2U. The maximum atomic E-state index is 3.60. The van der Waals surface area contributed by atoms with Crippen molar-refractivity contribution in [3.05, 3.63) is 46.0 Å². The topological polar surface area (TPSA) is 24.1 Å². The monoisotopic (exact) mass is 435 g/mol. The zero-order valence-corrected chi connectivity index (χ0v) is 14.5. The van der Waals surface area contributed by atoms with Gasteiger partial charge in [0.2, 0.25) is 0 Å². The van der Waals surface area contributed by atoms with Gasteiger partial charge in [0.15, 0.2) is 0 Å². The molecule has 2 N–H and O–H groups in total. The fraction of sp³-hybridized carbons (Fsp3) is 0.417. The predicted octanol–water partition coefficient (Wildman–Crippen LogP) is 3.08. The molecule has 0 aromatic carbocycles. The Morgan fingerprint density at radius 3 is 1.80 bits per heavy atom. The summed E-state index contributed by atoms with van der Waals surface area (Å²) in [6.07, 6.45) is 9.97. The van der Waals surface area contributed by atoms with Gasteiger partial charge in [0, 0.05) is 0 Å². The Balaban J connectivity index is -0.0000000718. The van der Waals surface area contributed by atoms with Gasteiger partial charge in [-0.2, -0.15) is 0 Å². The van der Waals surface area contributed by atoms with Crippen LogP contribution in [0.1, 0.15) is 26.7 Å². The molecule has 0 atom stereocenters. The first kappa shape index (κ1) is 24.4. The number of hydrogen-bond donors (Lipinski definition) is 2. The van der Waals surface area contributed by atoms with Crippen molar-refractivity contribution in [1.29, 1.82) is 0 Å². The molecule has 0 saturated heterocycles. The average Bonchev–Trinajstić information content (AvgIpc) is 2.17. The van der Waals surface area contributed by atoms with Crippen LogP contribution in [0.15, 0.2) is 24.6 Å². The molecule has 0 fully saturated rings. The SMILES string of the molecule is [CH2-]CNC=CCC.[CH2-]NC=CCC.[CH3-].[U+3]. The van der Waals surface area contributed by atoms with Crippen molar-refractivity contribution >= 4 is 0 Å². The van der Waals surface area contributed by atoms with Crippen LogP contribution in [-0.2, 0) is 0 Å². The Labute approximate surface area is 120 Å². The van der Waals surface area contributed by atoms with Gasteiger partial charge in [-0.3, -0.25) is 7.05 Å². The van der Waals surface area contributed by atoms with E-state index in [-0.39, 0.29) is 38.5 Å². The molecule has 0 aliphatic rings. The maximum Gasteiger partial charge on any atom is 3.00 e. The van der Waals surface area contributed by atoms with Gasteiger partial charge in [-0.15, -0.1) is 6.54 Å². The number of allylic oxidation sites excluding steroid dienone is 2. The summed E-state index contributed by atoms with van der Waals surface area (Å²) >= 11 is 0. The Hall–Kier alpha value is 0.132. The van der Waals surface area contributed by atoms with Gasteiger partial charge in [-0.1, -0.05) is 26.0 Å². The molecule has 3 heteroatoms. The predicted molar refractivity (Wildman–Crippen MR) is 67.1 cm³/mol. The van der Waals surface area contributed by atoms with Crippen LogP contribution in [0.5, 0.6) is 0 Å². The standard InChI is InChI=1S/C6H12N.C5H10N.CH3.U/c1-3-5-6-7-4-2;1-3-4-5-6-2;;/h5-7H,2-4H2,1H3;4-6H,2-3H2,1H3;1H3;/q3*-1;+3. The first-order chi connectivity index (χ1) is 6.33. The van der Waals surface area contributed by atoms with Crippen molar-refractivity contribution in [3.63, 3.8) is 0 Å². The fourth-order valence-electron chi connectivity index (χ4n) is 0.486. The zero-order chi connectivity index (χ0) is 10.4. The Bertz CT molecular complexity index is 117. The number of rotatable bonds is 5. The number of hydrogen-bond acceptors (Lipinski definition) is 2. The van der Waals surface area contributed by atoms with Crippen molar-refractivity contribution in [2.24, 2.45) is 0 Å². The molecular weight excluding hydrogens is 410 g/mol. The van der Waals surface area contributed by atoms with Crippen LogP contribution < -0.4 is 10.6 Å². The minimum atomic E-state index is 0. The molecule has 1 radical (unpaired) electrons. The van der Waals surface area contributed by atoms with E-state index in [0.717, 1.165) is 19.4 Å². The molecule has 15 heavy (non-hydrogen) atoms. The summed E-state index contributed by atoms with van der Waals surface area (Å²) in [4.78, 5) is 0. The molecule has 0 amide bonds. The molecule has 0 spiro atoms. The van der Waals surface area contributed by atoms with E-state index >= 15 is 0 Å². The van der Waals surface area contributed by atoms with E-state index in [1.807, 2.05) is 18.5 Å². The molecule has 0 aliphatic carbocycles. The van der Waals surface area contributed by atoms with Crippen LogP contribution in [-0.4, -0.2) is 6.54 Å². The molecule has 87 valence electrons. The van der Waals surface area contributed by atoms with Crippen molar-refractivity contribution in [3.8, 4) is 0 Å². The summed E-state index contributed by atoms with van der Waals surface area (Å²) in [5, 5.41) is 5.60. The Morgan fingerprint density at radius 1 is 1.07 bits per heavy atom. The van der Waals surface area contributed by atoms with Crippen LogP contribution in [0.2, 0.25) is 0 Å². The van der Waals surface area contributed by atoms with Crippen molar-refractivity contribution in [2.75, 3.05) is 6.54 Å². The second-order valence-electron chi connectivity index (χ2n) is 2.28. The van der Waals surface area contributed by atoms with Crippen LogP contribution in [0.4, 0.5) is 0 Å². The second-order valence-corrected chi connectivity index (χ2v) is 2.28. The first-order valence-electron chi connectivity index (χ1n) is 4.68. The Morgan fingerprint density at radius 2 is 1.53 bits per heavy atom. The van der Waals surface area contributed by atoms with E-state index in [1.165, 1.54) is 0 Å². The van der Waals surface area contributed by atoms with E-state index in [9.17, 15) is 0 Å². The van der Waals surface area contributed by atoms with Crippen molar-refractivity contribution < 1.29 is 31.1 Å². The molecule has 0 unspecified atom stereocenters. The van der Waals surface area contributed by atoms with Crippen LogP contribution in [0, 0.1) is 52.5 Å². The molecule has 0 rings (SSSR count). The van der Waals surface area contributed by atoms with E-state index in [2.05, 4.69) is 44.5 Å². The van der Waals surface area contributed by atoms with Gasteiger partial charge >= 0.3 is 31.1 Å². The van der Waals surface area contributed by atoms with Crippen molar-refractivity contribution in [1.82, 2.24) is 10.6 Å². The van der Waals surface area contributed by atoms with Gasteiger partial charge < -0.3 is 25.0 Å². The smallest absolute Gasteiger partial charge is 0.544 e. The summed E-state index contributed by atoms with van der Waals surface area (Å²) in [5.41, 5.74) is 0. The van der Waals surface area contributed by atoms with Gasteiger partial charge in [0.1, 0.15) is 0 Å². The third kappa shape index (κ3) is 40.9. The summed E-state index contributed by atoms with van der Waals surface area (Å²) < 4.78 is 0. The number of nitrogens with one attached hydrogen (secondary N) is 2. The summed E-state index contributed by atoms with van der Waals surface area (Å²) in [7, 11) is 3.39. The first-order valence-corrected chi connectivity index (χ1v) is 4.68. The normalized spacial score (nSPS) is 8.53. The van der Waals surface area contributed by atoms with E-state index in [0.29, 0.717) is 0 Å². The zero-order valence-electron chi connectivity index (χ0n) is 10.3. The van der Waals surface area contributed by atoms with Crippen LogP contribution >= 0.6 is 0 Å². The average molecular weight is 435 g/mol. The van der Waals surface area contributed by atoms with Gasteiger partial charge in [0.05, 0.1) is 0 Å². The van der Waals surface area contributed by atoms with Gasteiger partial charge in [0.25, 0.3) is 0 Å². The molecule has 0 bridgehead atoms. The molecule has 0 saturated carbocycles. The molecule has 0 heterocycles. The molecule has 0 aromatic heterocycles. The van der Waals surface area contributed by atoms with Crippen LogP contribution in [0.3, 0.4) is 0 Å². The third-order valence-corrected chi connectivity index (χ3v) is 1.09. The minimum absolute atomic E-state index is 0. The van der Waals surface area contributed by atoms with E-state index in [1.54, 1.807) is 0 Å². The summed E-state index contributed by atoms with van der Waals surface area (Å²) in [6, 6.07) is 0. The molecule has 0 aliphatic heterocycles. The Kier molecular flexibility index (Phi) is 47.5. The van der Waals surface area contributed by atoms with Gasteiger partial charge in [-0.05, 0) is 25.2 Å². The van der Waals surface area contributed by atoms with E-state index < -0.39 is 0 Å². The van der Waals surface area contributed by atoms with E-state index in [4.69, 9.17) is 0 Å². The second kappa shape index (κ2) is 29.2. The minimum Gasteiger partial charge on any atom is -0.544 e. The molecule has 2 nitrogen and oxygen atoms in total. The molecule has 0 aromatic rings. The van der Waals surface area contributed by atoms with Crippen molar-refractivity contribution in [2.45, 2.75) is 26.7 Å². The quantitative estimate of drug-likeness (QED) is 0.649. The summed E-state index contributed by atoms with van der Waals surface area (Å²) in [5.74, 6) is 0. The van der Waals surface area contributed by atoms with Crippen LogP contribution in [0.25, 0.3) is 0 Å².